The Morgan fingerprint density at radius 3 is 2.65 bits per heavy atom. The molecule has 7 heteroatoms. The minimum Gasteiger partial charge on any atom is -0.469 e. The van der Waals surface area contributed by atoms with E-state index in [-0.39, 0.29) is 11.9 Å². The maximum absolute atomic E-state index is 11.7. The van der Waals surface area contributed by atoms with Crippen LogP contribution < -0.4 is 5.32 Å². The topological polar surface area (TPSA) is 68.3 Å². The number of ether oxygens (including phenoxy) is 1. The maximum Gasteiger partial charge on any atom is 0.305 e. The molecule has 0 aliphatic carbocycles. The number of carbonyl (C=O) groups is 2. The molecule has 0 saturated carbocycles. The Morgan fingerprint density at radius 1 is 1.30 bits per heavy atom. The Hall–Kier alpha value is -0.950. The summed E-state index contributed by atoms with van der Waals surface area (Å²) in [6.45, 7) is 0.658. The first kappa shape index (κ1) is 17.1. The van der Waals surface area contributed by atoms with Crippen LogP contribution in [0.5, 0.6) is 0 Å². The van der Waals surface area contributed by atoms with Crippen molar-refractivity contribution in [2.45, 2.75) is 38.5 Å². The van der Waals surface area contributed by atoms with E-state index >= 15 is 0 Å². The third kappa shape index (κ3) is 7.00. The first-order valence-corrected chi connectivity index (χ1v) is 8.27. The number of nitrogens with one attached hydrogen (secondary N) is 1. The summed E-state index contributed by atoms with van der Waals surface area (Å²) < 4.78 is 5.29. The van der Waals surface area contributed by atoms with Crippen LogP contribution in [0.15, 0.2) is 9.30 Å². The van der Waals surface area contributed by atoms with Gasteiger partial charge >= 0.3 is 5.97 Å². The average Bonchev–Trinajstić information content (AvgIpc) is 2.87. The van der Waals surface area contributed by atoms with Gasteiger partial charge in [-0.2, -0.15) is 0 Å². The standard InChI is InChI=1S/C13H19BrN2O3S/c1-19-11(17)7-5-3-2-4-6-8-15-12(18)10-9-20-13(14)16-10/h9H,2-8H2,1H3,(H,15,18). The highest BCUT2D eigenvalue weighted by atomic mass is 79.9. The first-order valence-electron chi connectivity index (χ1n) is 6.59. The second-order valence-electron chi connectivity index (χ2n) is 4.34. The zero-order valence-corrected chi connectivity index (χ0v) is 13.9. The molecule has 0 radical (unpaired) electrons. The number of halogens is 1. The van der Waals surface area contributed by atoms with Crippen molar-refractivity contribution in [1.29, 1.82) is 0 Å². The fourth-order valence-electron chi connectivity index (χ4n) is 1.68. The van der Waals surface area contributed by atoms with E-state index in [2.05, 4.69) is 31.0 Å². The highest BCUT2D eigenvalue weighted by Gasteiger charge is 2.08. The number of thiazole rings is 1. The summed E-state index contributed by atoms with van der Waals surface area (Å²) in [5.41, 5.74) is 0.458. The van der Waals surface area contributed by atoms with Gasteiger partial charge in [0.15, 0.2) is 3.92 Å². The predicted molar refractivity (Wildman–Crippen MR) is 81.9 cm³/mol. The van der Waals surface area contributed by atoms with Crippen LogP contribution in [-0.2, 0) is 9.53 Å². The van der Waals surface area contributed by atoms with E-state index in [0.29, 0.717) is 22.6 Å². The Bertz CT molecular complexity index is 437. The van der Waals surface area contributed by atoms with Gasteiger partial charge in [0.25, 0.3) is 5.91 Å². The lowest BCUT2D eigenvalue weighted by Crippen LogP contribution is -2.24. The Kier molecular flexibility index (Phi) is 8.45. The van der Waals surface area contributed by atoms with Crippen LogP contribution in [0, 0.1) is 0 Å². The normalized spacial score (nSPS) is 10.3. The monoisotopic (exact) mass is 362 g/mol. The molecule has 1 aromatic heterocycles. The second-order valence-corrected chi connectivity index (χ2v) is 6.47. The molecular formula is C13H19BrN2O3S. The number of rotatable bonds is 9. The van der Waals surface area contributed by atoms with E-state index in [1.807, 2.05) is 0 Å². The highest BCUT2D eigenvalue weighted by molar-refractivity contribution is 9.11. The van der Waals surface area contributed by atoms with E-state index in [1.165, 1.54) is 18.4 Å². The molecule has 0 aliphatic heterocycles. The van der Waals surface area contributed by atoms with Crippen molar-refractivity contribution in [3.05, 3.63) is 15.0 Å². The Balaban J connectivity index is 1.97. The zero-order valence-electron chi connectivity index (χ0n) is 11.5. The van der Waals surface area contributed by atoms with E-state index in [1.54, 1.807) is 5.38 Å². The molecule has 5 nitrogen and oxygen atoms in total. The largest absolute Gasteiger partial charge is 0.469 e. The molecule has 0 bridgehead atoms. The van der Waals surface area contributed by atoms with Crippen LogP contribution in [-0.4, -0.2) is 30.5 Å². The van der Waals surface area contributed by atoms with Crippen molar-refractivity contribution in [3.63, 3.8) is 0 Å². The number of aromatic nitrogens is 1. The van der Waals surface area contributed by atoms with Crippen molar-refractivity contribution >= 4 is 39.1 Å². The van der Waals surface area contributed by atoms with Gasteiger partial charge in [-0.25, -0.2) is 4.98 Å². The highest BCUT2D eigenvalue weighted by Crippen LogP contribution is 2.15. The molecule has 0 unspecified atom stereocenters. The third-order valence-electron chi connectivity index (χ3n) is 2.78. The van der Waals surface area contributed by atoms with Gasteiger partial charge in [0.2, 0.25) is 0 Å². The van der Waals surface area contributed by atoms with Gasteiger partial charge in [-0.3, -0.25) is 9.59 Å². The molecule has 1 N–H and O–H groups in total. The lowest BCUT2D eigenvalue weighted by Gasteiger charge is -2.03. The minimum atomic E-state index is -0.147. The van der Waals surface area contributed by atoms with Crippen LogP contribution in [0.25, 0.3) is 0 Å². The van der Waals surface area contributed by atoms with Crippen molar-refractivity contribution in [1.82, 2.24) is 10.3 Å². The molecule has 1 heterocycles. The SMILES string of the molecule is COC(=O)CCCCCCCNC(=O)c1csc(Br)n1. The fraction of sp³-hybridized carbons (Fsp3) is 0.615. The fourth-order valence-corrected chi connectivity index (χ4v) is 2.67. The smallest absolute Gasteiger partial charge is 0.305 e. The third-order valence-corrected chi connectivity index (χ3v) is 4.14. The van der Waals surface area contributed by atoms with Gasteiger partial charge in [-0.1, -0.05) is 19.3 Å². The molecule has 0 aromatic carbocycles. The van der Waals surface area contributed by atoms with E-state index < -0.39 is 0 Å². The number of unbranched alkanes of at least 4 members (excludes halogenated alkanes) is 4. The molecule has 112 valence electrons. The summed E-state index contributed by atoms with van der Waals surface area (Å²) in [5.74, 6) is -0.274. The molecule has 1 aromatic rings. The van der Waals surface area contributed by atoms with Gasteiger partial charge in [-0.15, -0.1) is 11.3 Å². The number of hydrogen-bond donors (Lipinski definition) is 1. The van der Waals surface area contributed by atoms with Gasteiger partial charge < -0.3 is 10.1 Å². The maximum atomic E-state index is 11.7. The number of nitrogens with zero attached hydrogens (tertiary/aromatic N) is 1. The van der Waals surface area contributed by atoms with Crippen molar-refractivity contribution in [3.8, 4) is 0 Å². The lowest BCUT2D eigenvalue weighted by molar-refractivity contribution is -0.140. The van der Waals surface area contributed by atoms with Crippen molar-refractivity contribution in [2.75, 3.05) is 13.7 Å². The molecule has 1 amide bonds. The molecule has 0 atom stereocenters. The minimum absolute atomic E-state index is 0.127. The summed E-state index contributed by atoms with van der Waals surface area (Å²) in [6.07, 6.45) is 5.42. The summed E-state index contributed by atoms with van der Waals surface area (Å²) in [4.78, 5) is 26.6. The average molecular weight is 363 g/mol. The summed E-state index contributed by atoms with van der Waals surface area (Å²) in [5, 5.41) is 4.57. The number of amides is 1. The Morgan fingerprint density at radius 2 is 2.00 bits per heavy atom. The van der Waals surface area contributed by atoms with Gasteiger partial charge in [-0.05, 0) is 28.8 Å². The number of hydrogen-bond acceptors (Lipinski definition) is 5. The van der Waals surface area contributed by atoms with E-state index in [4.69, 9.17) is 0 Å². The molecular weight excluding hydrogens is 344 g/mol. The Labute approximate surface area is 131 Å². The molecule has 1 rings (SSSR count). The quantitative estimate of drug-likeness (QED) is 0.541. The van der Waals surface area contributed by atoms with Crippen molar-refractivity contribution < 1.29 is 14.3 Å². The molecule has 0 fully saturated rings. The molecule has 0 aliphatic rings. The van der Waals surface area contributed by atoms with E-state index in [0.717, 1.165) is 32.1 Å². The lowest BCUT2D eigenvalue weighted by atomic mass is 10.1. The van der Waals surface area contributed by atoms with Crippen LogP contribution in [0.1, 0.15) is 49.0 Å². The summed E-state index contributed by atoms with van der Waals surface area (Å²) >= 11 is 4.62. The molecule has 20 heavy (non-hydrogen) atoms. The van der Waals surface area contributed by atoms with E-state index in [9.17, 15) is 9.59 Å². The first-order chi connectivity index (χ1) is 9.63. The second kappa shape index (κ2) is 9.88. The number of esters is 1. The van der Waals surface area contributed by atoms with Gasteiger partial charge in [0.05, 0.1) is 7.11 Å². The van der Waals surface area contributed by atoms with Crippen LogP contribution >= 0.6 is 27.3 Å². The summed E-state index contributed by atoms with van der Waals surface area (Å²) in [6, 6.07) is 0. The van der Waals surface area contributed by atoms with Crippen molar-refractivity contribution in [2.24, 2.45) is 0 Å². The zero-order chi connectivity index (χ0) is 14.8. The van der Waals surface area contributed by atoms with Crippen LogP contribution in [0.4, 0.5) is 0 Å². The van der Waals surface area contributed by atoms with Crippen LogP contribution in [0.3, 0.4) is 0 Å². The molecule has 0 spiro atoms. The van der Waals surface area contributed by atoms with Gasteiger partial charge in [0, 0.05) is 18.3 Å². The number of methoxy groups -OCH3 is 1. The van der Waals surface area contributed by atoms with Crippen LogP contribution in [0.2, 0.25) is 0 Å². The number of carbonyl (C=O) groups excluding carboxylic acids is 2. The predicted octanol–water partition coefficient (Wildman–Crippen LogP) is 3.15. The van der Waals surface area contributed by atoms with Gasteiger partial charge in [0.1, 0.15) is 5.69 Å². The summed E-state index contributed by atoms with van der Waals surface area (Å²) in [7, 11) is 1.41. The molecule has 0 saturated heterocycles.